The van der Waals surface area contributed by atoms with E-state index in [1.807, 2.05) is 25.2 Å². The molecule has 3 aromatic rings. The Labute approximate surface area is 142 Å². The van der Waals surface area contributed by atoms with E-state index in [1.165, 1.54) is 27.4 Å². The van der Waals surface area contributed by atoms with E-state index in [1.54, 1.807) is 6.08 Å². The quantitative estimate of drug-likeness (QED) is 0.345. The summed E-state index contributed by atoms with van der Waals surface area (Å²) < 4.78 is 2.35. The van der Waals surface area contributed by atoms with Crippen LogP contribution in [0.2, 0.25) is 0 Å². The molecule has 1 heterocycles. The largest absolute Gasteiger partial charge is 0.341 e. The van der Waals surface area contributed by atoms with E-state index in [0.717, 1.165) is 18.4 Å². The van der Waals surface area contributed by atoms with Crippen molar-refractivity contribution in [1.82, 2.24) is 4.57 Å². The molecule has 24 heavy (non-hydrogen) atoms. The molecule has 0 aliphatic rings. The van der Waals surface area contributed by atoms with Crippen molar-refractivity contribution in [2.75, 3.05) is 0 Å². The van der Waals surface area contributed by atoms with E-state index in [-0.39, 0.29) is 0 Å². The van der Waals surface area contributed by atoms with Crippen molar-refractivity contribution in [1.29, 1.82) is 0 Å². The van der Waals surface area contributed by atoms with Gasteiger partial charge < -0.3 is 4.57 Å². The van der Waals surface area contributed by atoms with Gasteiger partial charge in [-0.2, -0.15) is 0 Å². The second-order valence-corrected chi connectivity index (χ2v) is 5.80. The van der Waals surface area contributed by atoms with Crippen LogP contribution >= 0.6 is 0 Å². The molecule has 0 amide bonds. The molecule has 0 unspecified atom stereocenters. The van der Waals surface area contributed by atoms with Crippen LogP contribution in [0.1, 0.15) is 19.4 Å². The second-order valence-electron chi connectivity index (χ2n) is 5.80. The molecule has 0 atom stereocenters. The van der Waals surface area contributed by atoms with Gasteiger partial charge in [0.25, 0.3) is 0 Å². The SMILES string of the molecule is CCn1c2ccccc2c2cc(/C=C/C=C/C(C)=C/C=O)ccc21. The topological polar surface area (TPSA) is 22.0 Å². The van der Waals surface area contributed by atoms with E-state index < -0.39 is 0 Å². The highest BCUT2D eigenvalue weighted by molar-refractivity contribution is 6.08. The molecule has 120 valence electrons. The number of benzene rings is 2. The van der Waals surface area contributed by atoms with Gasteiger partial charge in [-0.05, 0) is 49.3 Å². The third-order valence-electron chi connectivity index (χ3n) is 4.20. The molecule has 0 N–H and O–H groups in total. The Hall–Kier alpha value is -2.87. The van der Waals surface area contributed by atoms with Crippen LogP contribution < -0.4 is 0 Å². The second kappa shape index (κ2) is 7.14. The monoisotopic (exact) mass is 315 g/mol. The number of para-hydroxylation sites is 1. The van der Waals surface area contributed by atoms with Crippen molar-refractivity contribution in [2.45, 2.75) is 20.4 Å². The Morgan fingerprint density at radius 1 is 1.04 bits per heavy atom. The first-order chi connectivity index (χ1) is 11.7. The first-order valence-electron chi connectivity index (χ1n) is 8.22. The number of rotatable bonds is 5. The van der Waals surface area contributed by atoms with Gasteiger partial charge in [-0.25, -0.2) is 0 Å². The fourth-order valence-corrected chi connectivity index (χ4v) is 3.05. The van der Waals surface area contributed by atoms with Gasteiger partial charge in [-0.15, -0.1) is 0 Å². The number of allylic oxidation sites excluding steroid dienone is 5. The molecular weight excluding hydrogens is 294 g/mol. The number of aryl methyl sites for hydroxylation is 1. The van der Waals surface area contributed by atoms with Gasteiger partial charge in [-0.1, -0.05) is 48.6 Å². The van der Waals surface area contributed by atoms with Crippen LogP contribution in [0.15, 0.2) is 72.3 Å². The zero-order valence-electron chi connectivity index (χ0n) is 14.1. The maximum Gasteiger partial charge on any atom is 0.143 e. The molecule has 0 saturated carbocycles. The van der Waals surface area contributed by atoms with Crippen molar-refractivity contribution >= 4 is 34.2 Å². The smallest absolute Gasteiger partial charge is 0.143 e. The summed E-state index contributed by atoms with van der Waals surface area (Å²) in [5.41, 5.74) is 4.67. The molecule has 2 nitrogen and oxygen atoms in total. The summed E-state index contributed by atoms with van der Waals surface area (Å²) in [6, 6.07) is 15.1. The van der Waals surface area contributed by atoms with Crippen molar-refractivity contribution in [3.8, 4) is 0 Å². The van der Waals surface area contributed by atoms with Crippen LogP contribution in [0.3, 0.4) is 0 Å². The van der Waals surface area contributed by atoms with E-state index in [0.29, 0.717) is 0 Å². The fourth-order valence-electron chi connectivity index (χ4n) is 3.05. The van der Waals surface area contributed by atoms with E-state index >= 15 is 0 Å². The molecule has 0 spiro atoms. The van der Waals surface area contributed by atoms with Crippen LogP contribution in [0.5, 0.6) is 0 Å². The number of nitrogens with zero attached hydrogens (tertiary/aromatic N) is 1. The molecule has 0 aliphatic heterocycles. The minimum atomic E-state index is 0.806. The first kappa shape index (κ1) is 16.0. The Morgan fingerprint density at radius 3 is 2.62 bits per heavy atom. The van der Waals surface area contributed by atoms with Crippen LogP contribution in [-0.4, -0.2) is 10.9 Å². The highest BCUT2D eigenvalue weighted by atomic mass is 16.1. The van der Waals surface area contributed by atoms with Gasteiger partial charge in [0.15, 0.2) is 0 Å². The Morgan fingerprint density at radius 2 is 1.83 bits per heavy atom. The van der Waals surface area contributed by atoms with Crippen molar-refractivity contribution in [3.63, 3.8) is 0 Å². The summed E-state index contributed by atoms with van der Waals surface area (Å²) in [7, 11) is 0. The van der Waals surface area contributed by atoms with Crippen LogP contribution in [-0.2, 0) is 11.3 Å². The number of hydrogen-bond donors (Lipinski definition) is 0. The number of aromatic nitrogens is 1. The third-order valence-corrected chi connectivity index (χ3v) is 4.20. The average Bonchev–Trinajstić information content (AvgIpc) is 2.92. The van der Waals surface area contributed by atoms with Crippen LogP contribution in [0, 0.1) is 0 Å². The van der Waals surface area contributed by atoms with E-state index in [2.05, 4.69) is 60.0 Å². The van der Waals surface area contributed by atoms with Crippen LogP contribution in [0.25, 0.3) is 27.9 Å². The van der Waals surface area contributed by atoms with Gasteiger partial charge in [0.1, 0.15) is 6.29 Å². The summed E-state index contributed by atoms with van der Waals surface area (Å²) in [5.74, 6) is 0. The number of fused-ring (bicyclic) bond motifs is 3. The molecule has 1 aromatic heterocycles. The first-order valence-corrected chi connectivity index (χ1v) is 8.22. The highest BCUT2D eigenvalue weighted by Crippen LogP contribution is 2.29. The lowest BCUT2D eigenvalue weighted by Gasteiger charge is -2.02. The van der Waals surface area contributed by atoms with Crippen LogP contribution in [0.4, 0.5) is 0 Å². The predicted octanol–water partition coefficient (Wildman–Crippen LogP) is 5.53. The Kier molecular flexibility index (Phi) is 4.76. The van der Waals surface area contributed by atoms with Gasteiger partial charge in [0.2, 0.25) is 0 Å². The number of hydrogen-bond acceptors (Lipinski definition) is 1. The molecule has 0 bridgehead atoms. The normalized spacial score (nSPS) is 12.8. The molecule has 0 fully saturated rings. The third kappa shape index (κ3) is 3.09. The molecule has 2 aromatic carbocycles. The lowest BCUT2D eigenvalue weighted by Crippen LogP contribution is -1.92. The average molecular weight is 315 g/mol. The molecule has 2 heteroatoms. The van der Waals surface area contributed by atoms with Gasteiger partial charge in [-0.3, -0.25) is 4.79 Å². The predicted molar refractivity (Wildman–Crippen MR) is 103 cm³/mol. The summed E-state index contributed by atoms with van der Waals surface area (Å²) >= 11 is 0. The zero-order valence-corrected chi connectivity index (χ0v) is 14.1. The van der Waals surface area contributed by atoms with Gasteiger partial charge >= 0.3 is 0 Å². The zero-order chi connectivity index (χ0) is 16.9. The number of carbonyl (C=O) groups excluding carboxylic acids is 1. The number of aldehydes is 1. The lowest BCUT2D eigenvalue weighted by atomic mass is 10.1. The Bertz CT molecular complexity index is 970. The minimum absolute atomic E-state index is 0.806. The summed E-state index contributed by atoms with van der Waals surface area (Å²) in [4.78, 5) is 10.4. The summed E-state index contributed by atoms with van der Waals surface area (Å²) in [5, 5.41) is 2.58. The van der Waals surface area contributed by atoms with E-state index in [4.69, 9.17) is 0 Å². The van der Waals surface area contributed by atoms with Gasteiger partial charge in [0.05, 0.1) is 0 Å². The lowest BCUT2D eigenvalue weighted by molar-refractivity contribution is -0.104. The Balaban J connectivity index is 1.98. The highest BCUT2D eigenvalue weighted by Gasteiger charge is 2.08. The van der Waals surface area contributed by atoms with Crippen molar-refractivity contribution in [2.24, 2.45) is 0 Å². The molecule has 0 saturated heterocycles. The molecule has 3 rings (SSSR count). The maximum absolute atomic E-state index is 10.4. The summed E-state index contributed by atoms with van der Waals surface area (Å²) in [6.45, 7) is 5.05. The van der Waals surface area contributed by atoms with Crippen molar-refractivity contribution < 1.29 is 4.79 Å². The number of carbonyl (C=O) groups is 1. The maximum atomic E-state index is 10.4. The minimum Gasteiger partial charge on any atom is -0.341 e. The molecular formula is C22H21NO. The van der Waals surface area contributed by atoms with Gasteiger partial charge in [0, 0.05) is 28.4 Å². The van der Waals surface area contributed by atoms with Crippen molar-refractivity contribution in [3.05, 3.63) is 77.9 Å². The standard InChI is InChI=1S/C22H21NO/c1-3-23-21-11-7-6-10-19(21)20-16-18(12-13-22(20)23)9-5-4-8-17(2)14-15-24/h4-16H,3H2,1-2H3/b8-4+,9-5+,17-14+. The molecule has 0 radical (unpaired) electrons. The molecule has 0 aliphatic carbocycles. The summed E-state index contributed by atoms with van der Waals surface area (Å²) in [6.07, 6.45) is 10.3. The van der Waals surface area contributed by atoms with E-state index in [9.17, 15) is 4.79 Å². The fraction of sp³-hybridized carbons (Fsp3) is 0.136.